The smallest absolute Gasteiger partial charge is 0.169 e. The standard InChI is InChI=1S/C12H19N5S/c1-17-9-15-10(16-17)6-13-11-14-7-12(8-18-11)4-2-3-5-12/h9H,2-8H2,1H3,(H,13,14). The van der Waals surface area contributed by atoms with Crippen molar-refractivity contribution in [2.75, 3.05) is 12.3 Å². The molecule has 1 aliphatic carbocycles. The lowest BCUT2D eigenvalue weighted by molar-refractivity contribution is 0.358. The van der Waals surface area contributed by atoms with Crippen LogP contribution in [0, 0.1) is 5.41 Å². The highest BCUT2D eigenvalue weighted by Crippen LogP contribution is 2.43. The van der Waals surface area contributed by atoms with Crippen molar-refractivity contribution in [2.24, 2.45) is 17.5 Å². The largest absolute Gasteiger partial charge is 0.358 e. The minimum absolute atomic E-state index is 0.513. The van der Waals surface area contributed by atoms with Crippen LogP contribution in [0.3, 0.4) is 0 Å². The summed E-state index contributed by atoms with van der Waals surface area (Å²) in [6.45, 7) is 1.66. The van der Waals surface area contributed by atoms with E-state index in [1.807, 2.05) is 18.8 Å². The molecule has 6 heteroatoms. The molecule has 3 rings (SSSR count). The molecule has 1 aromatic rings. The fourth-order valence-corrected chi connectivity index (χ4v) is 3.86. The highest BCUT2D eigenvalue weighted by Gasteiger charge is 2.36. The summed E-state index contributed by atoms with van der Waals surface area (Å²) < 4.78 is 1.72. The van der Waals surface area contributed by atoms with Gasteiger partial charge in [-0.25, -0.2) is 4.98 Å². The predicted octanol–water partition coefficient (Wildman–Crippen LogP) is 1.57. The van der Waals surface area contributed by atoms with Crippen LogP contribution in [0.2, 0.25) is 0 Å². The number of rotatable bonds is 2. The Morgan fingerprint density at radius 1 is 1.44 bits per heavy atom. The van der Waals surface area contributed by atoms with E-state index in [-0.39, 0.29) is 0 Å². The average Bonchev–Trinajstić information content (AvgIpc) is 2.99. The van der Waals surface area contributed by atoms with Gasteiger partial charge >= 0.3 is 0 Å². The number of amidine groups is 1. The van der Waals surface area contributed by atoms with Crippen molar-refractivity contribution in [3.8, 4) is 0 Å². The van der Waals surface area contributed by atoms with Crippen LogP contribution in [-0.4, -0.2) is 32.2 Å². The Labute approximate surface area is 111 Å². The summed E-state index contributed by atoms with van der Waals surface area (Å²) in [7, 11) is 1.88. The lowest BCUT2D eigenvalue weighted by Gasteiger charge is -2.30. The lowest BCUT2D eigenvalue weighted by Crippen LogP contribution is -2.33. The van der Waals surface area contributed by atoms with Gasteiger partial charge in [-0.05, 0) is 18.3 Å². The van der Waals surface area contributed by atoms with Gasteiger partial charge < -0.3 is 5.32 Å². The number of aryl methyl sites for hydroxylation is 1. The lowest BCUT2D eigenvalue weighted by atomic mass is 9.89. The predicted molar refractivity (Wildman–Crippen MR) is 73.5 cm³/mol. The van der Waals surface area contributed by atoms with Crippen LogP contribution in [0.4, 0.5) is 0 Å². The molecule has 2 heterocycles. The first-order valence-electron chi connectivity index (χ1n) is 6.51. The number of hydrogen-bond acceptors (Lipinski definition) is 5. The van der Waals surface area contributed by atoms with Crippen LogP contribution in [0.5, 0.6) is 0 Å². The molecule has 1 spiro atoms. The Hall–Kier alpha value is -1.04. The number of aromatic nitrogens is 3. The monoisotopic (exact) mass is 265 g/mol. The molecule has 1 aromatic heterocycles. The van der Waals surface area contributed by atoms with Crippen LogP contribution >= 0.6 is 11.8 Å². The summed E-state index contributed by atoms with van der Waals surface area (Å²) in [5.41, 5.74) is 0.513. The van der Waals surface area contributed by atoms with E-state index >= 15 is 0 Å². The van der Waals surface area contributed by atoms with Gasteiger partial charge in [0.25, 0.3) is 0 Å². The topological polar surface area (TPSA) is 55.1 Å². The average molecular weight is 265 g/mol. The summed E-state index contributed by atoms with van der Waals surface area (Å²) in [6.07, 6.45) is 7.21. The van der Waals surface area contributed by atoms with Crippen molar-refractivity contribution >= 4 is 16.9 Å². The molecule has 5 nitrogen and oxygen atoms in total. The fourth-order valence-electron chi connectivity index (χ4n) is 2.71. The van der Waals surface area contributed by atoms with E-state index < -0.39 is 0 Å². The third kappa shape index (κ3) is 2.53. The quantitative estimate of drug-likeness (QED) is 0.882. The Morgan fingerprint density at radius 3 is 2.89 bits per heavy atom. The summed E-state index contributed by atoms with van der Waals surface area (Å²) >= 11 is 1.86. The maximum absolute atomic E-state index is 4.69. The molecule has 0 amide bonds. The van der Waals surface area contributed by atoms with Gasteiger partial charge in [-0.2, -0.15) is 5.10 Å². The Balaban J connectivity index is 1.54. The fraction of sp³-hybridized carbons (Fsp3) is 0.750. The zero-order valence-electron chi connectivity index (χ0n) is 10.7. The molecule has 0 aromatic carbocycles. The maximum atomic E-state index is 4.69. The molecule has 1 fully saturated rings. The normalized spacial score (nSPS) is 22.2. The van der Waals surface area contributed by atoms with Gasteiger partial charge in [0.05, 0.1) is 6.54 Å². The molecule has 1 N–H and O–H groups in total. The molecule has 0 radical (unpaired) electrons. The molecule has 1 aliphatic heterocycles. The third-order valence-corrected chi connectivity index (χ3v) is 5.09. The van der Waals surface area contributed by atoms with Crippen LogP contribution in [0.25, 0.3) is 0 Å². The molecular formula is C12H19N5S. The van der Waals surface area contributed by atoms with Crippen molar-refractivity contribution in [3.05, 3.63) is 12.2 Å². The second kappa shape index (κ2) is 4.91. The first kappa shape index (κ1) is 12.0. The van der Waals surface area contributed by atoms with Crippen LogP contribution < -0.4 is 5.32 Å². The van der Waals surface area contributed by atoms with E-state index in [2.05, 4.69) is 15.4 Å². The molecule has 1 saturated carbocycles. The van der Waals surface area contributed by atoms with Crippen LogP contribution in [0.15, 0.2) is 11.3 Å². The molecule has 2 aliphatic rings. The maximum Gasteiger partial charge on any atom is 0.169 e. The summed E-state index contributed by atoms with van der Waals surface area (Å²) in [5.74, 6) is 2.04. The molecule has 0 unspecified atom stereocenters. The molecular weight excluding hydrogens is 246 g/mol. The SMILES string of the molecule is Cn1cnc(CNC2=NCC3(CCCC3)CS2)n1. The van der Waals surface area contributed by atoms with E-state index in [0.717, 1.165) is 17.5 Å². The second-order valence-corrected chi connectivity index (χ2v) is 6.27. The van der Waals surface area contributed by atoms with E-state index in [0.29, 0.717) is 12.0 Å². The first-order valence-corrected chi connectivity index (χ1v) is 7.50. The van der Waals surface area contributed by atoms with Gasteiger partial charge in [-0.1, -0.05) is 24.6 Å². The summed E-state index contributed by atoms with van der Waals surface area (Å²) in [4.78, 5) is 8.89. The van der Waals surface area contributed by atoms with Gasteiger partial charge in [0.2, 0.25) is 0 Å². The molecule has 98 valence electrons. The van der Waals surface area contributed by atoms with Gasteiger partial charge in [0.15, 0.2) is 11.0 Å². The molecule has 0 atom stereocenters. The molecule has 0 bridgehead atoms. The number of hydrogen-bond donors (Lipinski definition) is 1. The molecule has 0 saturated heterocycles. The minimum atomic E-state index is 0.513. The number of nitrogens with zero attached hydrogens (tertiary/aromatic N) is 4. The number of aliphatic imine (C=N–C) groups is 1. The summed E-state index contributed by atoms with van der Waals surface area (Å²) in [5, 5.41) is 8.63. The molecule has 18 heavy (non-hydrogen) atoms. The van der Waals surface area contributed by atoms with Crippen molar-refractivity contribution in [3.63, 3.8) is 0 Å². The van der Waals surface area contributed by atoms with E-state index in [1.54, 1.807) is 11.0 Å². The van der Waals surface area contributed by atoms with Crippen molar-refractivity contribution in [1.29, 1.82) is 0 Å². The highest BCUT2D eigenvalue weighted by atomic mass is 32.2. The number of thioether (sulfide) groups is 1. The van der Waals surface area contributed by atoms with Gasteiger partial charge in [0.1, 0.15) is 6.33 Å². The van der Waals surface area contributed by atoms with Crippen molar-refractivity contribution < 1.29 is 0 Å². The van der Waals surface area contributed by atoms with E-state index in [9.17, 15) is 0 Å². The number of nitrogens with one attached hydrogen (secondary N) is 1. The van der Waals surface area contributed by atoms with Crippen molar-refractivity contribution in [1.82, 2.24) is 20.1 Å². The van der Waals surface area contributed by atoms with Crippen LogP contribution in [0.1, 0.15) is 31.5 Å². The Bertz CT molecular complexity index is 447. The zero-order chi connectivity index (χ0) is 12.4. The Kier molecular flexibility index (Phi) is 3.28. The van der Waals surface area contributed by atoms with Crippen LogP contribution in [-0.2, 0) is 13.6 Å². The Morgan fingerprint density at radius 2 is 2.28 bits per heavy atom. The van der Waals surface area contributed by atoms with Crippen molar-refractivity contribution in [2.45, 2.75) is 32.2 Å². The minimum Gasteiger partial charge on any atom is -0.358 e. The first-order chi connectivity index (χ1) is 8.76. The van der Waals surface area contributed by atoms with Gasteiger partial charge in [0, 0.05) is 19.3 Å². The van der Waals surface area contributed by atoms with Gasteiger partial charge in [-0.3, -0.25) is 9.67 Å². The summed E-state index contributed by atoms with van der Waals surface area (Å²) in [6, 6.07) is 0. The van der Waals surface area contributed by atoms with E-state index in [1.165, 1.54) is 31.4 Å². The zero-order valence-corrected chi connectivity index (χ0v) is 11.5. The van der Waals surface area contributed by atoms with E-state index in [4.69, 9.17) is 4.99 Å². The third-order valence-electron chi connectivity index (χ3n) is 3.78. The highest BCUT2D eigenvalue weighted by molar-refractivity contribution is 8.13. The van der Waals surface area contributed by atoms with Gasteiger partial charge in [-0.15, -0.1) is 0 Å². The second-order valence-electron chi connectivity index (χ2n) is 5.31.